The highest BCUT2D eigenvalue weighted by atomic mass is 28.3. The lowest BCUT2D eigenvalue weighted by atomic mass is 9.34. The number of anilines is 3. The van der Waals surface area contributed by atoms with Crippen molar-refractivity contribution in [1.29, 1.82) is 0 Å². The van der Waals surface area contributed by atoms with Crippen molar-refractivity contribution in [3.05, 3.63) is 254 Å². The first-order valence-electron chi connectivity index (χ1n) is 23.6. The minimum atomic E-state index is -3.08. The number of fused-ring (bicyclic) bond motifs is 4. The summed E-state index contributed by atoms with van der Waals surface area (Å²) in [7, 11) is -3.08. The topological polar surface area (TPSA) is 3.24 Å². The summed E-state index contributed by atoms with van der Waals surface area (Å²) < 4.78 is 0. The van der Waals surface area contributed by atoms with E-state index in [2.05, 4.69) is 274 Å². The molecule has 10 aromatic carbocycles. The van der Waals surface area contributed by atoms with Gasteiger partial charge in [0.15, 0.2) is 8.07 Å². The number of hydrogen-bond donors (Lipinski definition) is 0. The maximum atomic E-state index is 2.68. The Kier molecular flexibility index (Phi) is 9.92. The van der Waals surface area contributed by atoms with Crippen molar-refractivity contribution in [1.82, 2.24) is 0 Å². The number of benzene rings is 10. The molecule has 0 aromatic heterocycles. The van der Waals surface area contributed by atoms with Crippen LogP contribution in [0.15, 0.2) is 249 Å². The Hall–Kier alpha value is -7.72. The van der Waals surface area contributed by atoms with E-state index >= 15 is 0 Å². The van der Waals surface area contributed by atoms with E-state index in [1.807, 2.05) is 0 Å². The van der Waals surface area contributed by atoms with Gasteiger partial charge in [-0.3, -0.25) is 0 Å². The Bertz CT molecular complexity index is 3320. The van der Waals surface area contributed by atoms with Crippen LogP contribution in [0.4, 0.5) is 17.1 Å². The second-order valence-electron chi connectivity index (χ2n) is 19.2. The van der Waals surface area contributed by atoms with Crippen molar-refractivity contribution in [3.8, 4) is 44.5 Å². The molecule has 0 bridgehead atoms. The van der Waals surface area contributed by atoms with E-state index in [4.69, 9.17) is 0 Å². The lowest BCUT2D eigenvalue weighted by Crippen LogP contribution is -2.87. The first-order chi connectivity index (χ1) is 32.9. The SMILES string of the molecule is CC(C)(C)c1cc2c3c(c1)[Si](c1ccccc1)(c1ccccc1)c1ccc(-c4ccccc4)cc1B3c1cc(-c3ccccc3)ccc1N2c1c(-c2ccccc2)cccc1-c1ccccc1. The van der Waals surface area contributed by atoms with E-state index in [1.54, 1.807) is 0 Å². The molecule has 0 amide bonds. The van der Waals surface area contributed by atoms with Crippen molar-refractivity contribution in [3.63, 3.8) is 0 Å². The molecule has 0 unspecified atom stereocenters. The van der Waals surface area contributed by atoms with Crippen LogP contribution < -0.4 is 42.0 Å². The number of nitrogens with zero attached hydrogens (tertiary/aromatic N) is 1. The summed E-state index contributed by atoms with van der Waals surface area (Å²) in [6.45, 7) is 7.11. The van der Waals surface area contributed by atoms with Gasteiger partial charge in [-0.2, -0.15) is 0 Å². The Labute approximate surface area is 396 Å². The highest BCUT2D eigenvalue weighted by Gasteiger charge is 2.54. The molecule has 3 heteroatoms. The van der Waals surface area contributed by atoms with Gasteiger partial charge in [0.25, 0.3) is 0 Å². The lowest BCUT2D eigenvalue weighted by Gasteiger charge is -2.48. The molecule has 0 N–H and O–H groups in total. The van der Waals surface area contributed by atoms with Crippen LogP contribution in [0.25, 0.3) is 44.5 Å². The molecule has 2 aliphatic heterocycles. The molecule has 0 atom stereocenters. The summed E-state index contributed by atoms with van der Waals surface area (Å²) in [6, 6.07) is 93.9. The predicted octanol–water partition coefficient (Wildman–Crippen LogP) is 11.6. The monoisotopic (exact) mass is 871 g/mol. The lowest BCUT2D eigenvalue weighted by molar-refractivity contribution is 0.591. The molecule has 0 spiro atoms. The van der Waals surface area contributed by atoms with E-state index < -0.39 is 8.07 Å². The molecule has 2 heterocycles. The van der Waals surface area contributed by atoms with E-state index in [9.17, 15) is 0 Å². The molecule has 0 fully saturated rings. The molecule has 12 rings (SSSR count). The second-order valence-corrected chi connectivity index (χ2v) is 22.9. The summed E-state index contributed by atoms with van der Waals surface area (Å²) in [5.74, 6) is 0. The van der Waals surface area contributed by atoms with Gasteiger partial charge in [0.05, 0.1) is 5.69 Å². The smallest absolute Gasteiger partial charge is 0.246 e. The Morgan fingerprint density at radius 3 is 1.30 bits per heavy atom. The van der Waals surface area contributed by atoms with Crippen LogP contribution in [0.5, 0.6) is 0 Å². The van der Waals surface area contributed by atoms with Crippen molar-refractivity contribution >= 4 is 69.0 Å². The van der Waals surface area contributed by atoms with Gasteiger partial charge in [-0.1, -0.05) is 263 Å². The third-order valence-corrected chi connectivity index (χ3v) is 19.2. The summed E-state index contributed by atoms with van der Waals surface area (Å²) in [4.78, 5) is 2.68. The van der Waals surface area contributed by atoms with Gasteiger partial charge in [0, 0.05) is 22.5 Å². The molecule has 2 aliphatic rings. The highest BCUT2D eigenvalue weighted by molar-refractivity contribution is 7.26. The fourth-order valence-electron chi connectivity index (χ4n) is 11.3. The van der Waals surface area contributed by atoms with Crippen LogP contribution in [-0.4, -0.2) is 14.8 Å². The van der Waals surface area contributed by atoms with Gasteiger partial charge in [0.1, 0.15) is 0 Å². The first-order valence-corrected chi connectivity index (χ1v) is 25.6. The Morgan fingerprint density at radius 1 is 0.358 bits per heavy atom. The maximum Gasteiger partial charge on any atom is 0.246 e. The van der Waals surface area contributed by atoms with Crippen molar-refractivity contribution in [2.45, 2.75) is 26.2 Å². The van der Waals surface area contributed by atoms with Crippen LogP contribution in [0.3, 0.4) is 0 Å². The summed E-state index contributed by atoms with van der Waals surface area (Å²) in [5, 5.41) is 5.72. The molecule has 1 nitrogen and oxygen atoms in total. The number of hydrogen-bond acceptors (Lipinski definition) is 1. The zero-order valence-electron chi connectivity index (χ0n) is 38.2. The Morgan fingerprint density at radius 2 is 0.806 bits per heavy atom. The average Bonchev–Trinajstić information content (AvgIpc) is 3.39. The van der Waals surface area contributed by atoms with E-state index in [0.29, 0.717) is 0 Å². The third-order valence-electron chi connectivity index (χ3n) is 14.4. The molecule has 10 aromatic rings. The van der Waals surface area contributed by atoms with Crippen LogP contribution in [0.1, 0.15) is 26.3 Å². The molecule has 0 saturated heterocycles. The molecule has 0 radical (unpaired) electrons. The zero-order chi connectivity index (χ0) is 45.1. The first kappa shape index (κ1) is 40.8. The van der Waals surface area contributed by atoms with E-state index in [1.165, 1.54) is 104 Å². The van der Waals surface area contributed by atoms with Gasteiger partial charge in [-0.15, -0.1) is 0 Å². The highest BCUT2D eigenvalue weighted by Crippen LogP contribution is 2.48. The quantitative estimate of drug-likeness (QED) is 0.144. The normalized spacial score (nSPS) is 13.4. The van der Waals surface area contributed by atoms with Gasteiger partial charge in [-0.05, 0) is 88.2 Å². The largest absolute Gasteiger partial charge is 0.310 e. The van der Waals surface area contributed by atoms with Gasteiger partial charge in [0.2, 0.25) is 6.71 Å². The molecule has 318 valence electrons. The molecule has 0 aliphatic carbocycles. The average molecular weight is 872 g/mol. The fraction of sp³-hybridized carbons (Fsp3) is 0.0625. The van der Waals surface area contributed by atoms with Gasteiger partial charge >= 0.3 is 0 Å². The van der Waals surface area contributed by atoms with Crippen LogP contribution in [-0.2, 0) is 5.41 Å². The van der Waals surface area contributed by atoms with E-state index in [0.717, 1.165) is 0 Å². The second kappa shape index (κ2) is 16.3. The molecular formula is C64H50BNSi. The fourth-order valence-corrected chi connectivity index (χ4v) is 16.6. The number of rotatable bonds is 7. The zero-order valence-corrected chi connectivity index (χ0v) is 39.2. The van der Waals surface area contributed by atoms with Gasteiger partial charge in [-0.25, -0.2) is 0 Å². The number of para-hydroxylation sites is 1. The summed E-state index contributed by atoms with van der Waals surface area (Å²) >= 11 is 0. The van der Waals surface area contributed by atoms with Crippen molar-refractivity contribution in [2.75, 3.05) is 4.90 Å². The molecule has 67 heavy (non-hydrogen) atoms. The molecule has 0 saturated carbocycles. The van der Waals surface area contributed by atoms with Crippen LogP contribution >= 0.6 is 0 Å². The summed E-state index contributed by atoms with van der Waals surface area (Å²) in [6.07, 6.45) is 0. The van der Waals surface area contributed by atoms with Crippen LogP contribution in [0, 0.1) is 0 Å². The predicted molar refractivity (Wildman–Crippen MR) is 290 cm³/mol. The van der Waals surface area contributed by atoms with Crippen molar-refractivity contribution in [2.24, 2.45) is 0 Å². The standard InChI is InChI=1S/C64H50BNSi/c1-64(2,3)51-43-59-62-61(44-51)67(52-31-18-8-19-32-52,53-33-20-9-21-34-53)60-40-38-50(46-25-12-5-13-26-46)42-57(60)65(62)56-41-49(45-23-10-4-11-24-45)37-39-58(56)66(59)63-54(47-27-14-6-15-28-47)35-22-36-55(63)48-29-16-7-17-30-48/h4-44H,1-3H3. The molecular weight excluding hydrogens is 822 g/mol. The van der Waals surface area contributed by atoms with Crippen LogP contribution in [0.2, 0.25) is 0 Å². The maximum absolute atomic E-state index is 3.08. The summed E-state index contributed by atoms with van der Waals surface area (Å²) in [5.41, 5.74) is 18.6. The van der Waals surface area contributed by atoms with Gasteiger partial charge < -0.3 is 4.90 Å². The van der Waals surface area contributed by atoms with E-state index in [-0.39, 0.29) is 12.1 Å². The minimum absolute atomic E-state index is 0.0512. The Balaban J connectivity index is 1.30. The third kappa shape index (κ3) is 6.68. The minimum Gasteiger partial charge on any atom is -0.310 e. The van der Waals surface area contributed by atoms with Crippen molar-refractivity contribution < 1.29 is 0 Å².